The third kappa shape index (κ3) is 4.88. The number of halogens is 1. The predicted octanol–water partition coefficient (Wildman–Crippen LogP) is 5.69. The molecule has 1 aliphatic carbocycles. The van der Waals surface area contributed by atoms with E-state index >= 15 is 0 Å². The smallest absolute Gasteiger partial charge is 0.255 e. The van der Waals surface area contributed by atoms with E-state index in [1.54, 1.807) is 12.3 Å². The third-order valence-electron chi connectivity index (χ3n) is 6.26. The highest BCUT2D eigenvalue weighted by Gasteiger charge is 2.28. The van der Waals surface area contributed by atoms with Gasteiger partial charge in [-0.3, -0.25) is 4.79 Å². The Kier molecular flexibility index (Phi) is 6.76. The molecule has 1 unspecified atom stereocenters. The number of H-pyrrole nitrogens is 1. The molecule has 1 fully saturated rings. The molecule has 0 spiro atoms. The molecule has 0 amide bonds. The Morgan fingerprint density at radius 1 is 1.13 bits per heavy atom. The number of aromatic nitrogens is 1. The van der Waals surface area contributed by atoms with Crippen molar-refractivity contribution in [2.24, 2.45) is 5.92 Å². The number of nitrogens with one attached hydrogen (secondary N) is 2. The van der Waals surface area contributed by atoms with Crippen LogP contribution in [0.2, 0.25) is 5.02 Å². The Morgan fingerprint density at radius 3 is 2.63 bits per heavy atom. The van der Waals surface area contributed by atoms with Crippen LogP contribution in [0.4, 0.5) is 0 Å². The average molecular weight is 425 g/mol. The van der Waals surface area contributed by atoms with Gasteiger partial charge in [-0.25, -0.2) is 0 Å². The lowest BCUT2D eigenvalue weighted by atomic mass is 9.81. The SMILES string of the molecule is CCC(NCc1ccccc1)C1CCC(Oc2cc3cc[nH]c(=O)c3cc2Cl)CC1. The predicted molar refractivity (Wildman–Crippen MR) is 123 cm³/mol. The van der Waals surface area contributed by atoms with Crippen molar-refractivity contribution < 1.29 is 4.74 Å². The van der Waals surface area contributed by atoms with E-state index in [4.69, 9.17) is 16.3 Å². The second-order valence-corrected chi connectivity index (χ2v) is 8.62. The zero-order chi connectivity index (χ0) is 20.9. The number of rotatable bonds is 7. The summed E-state index contributed by atoms with van der Waals surface area (Å²) in [6.07, 6.45) is 7.31. The molecule has 1 atom stereocenters. The minimum atomic E-state index is -0.130. The Balaban J connectivity index is 1.34. The van der Waals surface area contributed by atoms with Crippen molar-refractivity contribution in [1.29, 1.82) is 0 Å². The van der Waals surface area contributed by atoms with Gasteiger partial charge in [0.05, 0.1) is 11.1 Å². The van der Waals surface area contributed by atoms with Gasteiger partial charge in [0.2, 0.25) is 0 Å². The highest BCUT2D eigenvalue weighted by molar-refractivity contribution is 6.32. The third-order valence-corrected chi connectivity index (χ3v) is 6.55. The molecule has 1 heterocycles. The van der Waals surface area contributed by atoms with Gasteiger partial charge in [-0.15, -0.1) is 0 Å². The quantitative estimate of drug-likeness (QED) is 0.512. The van der Waals surface area contributed by atoms with E-state index < -0.39 is 0 Å². The largest absolute Gasteiger partial charge is 0.489 e. The van der Waals surface area contributed by atoms with Crippen molar-refractivity contribution in [2.45, 2.75) is 57.7 Å². The van der Waals surface area contributed by atoms with E-state index in [2.05, 4.69) is 47.6 Å². The van der Waals surface area contributed by atoms with Crippen molar-refractivity contribution in [2.75, 3.05) is 0 Å². The van der Waals surface area contributed by atoms with E-state index in [0.29, 0.717) is 28.1 Å². The van der Waals surface area contributed by atoms with Crippen LogP contribution in [0.5, 0.6) is 5.75 Å². The molecule has 1 aliphatic rings. The summed E-state index contributed by atoms with van der Waals surface area (Å²) in [4.78, 5) is 14.6. The summed E-state index contributed by atoms with van der Waals surface area (Å²) in [7, 11) is 0. The van der Waals surface area contributed by atoms with E-state index in [0.717, 1.165) is 44.0 Å². The summed E-state index contributed by atoms with van der Waals surface area (Å²) in [5, 5.41) is 5.70. The fraction of sp³-hybridized carbons (Fsp3) is 0.400. The molecule has 0 bridgehead atoms. The molecular formula is C25H29ClN2O2. The van der Waals surface area contributed by atoms with Crippen LogP contribution in [0.15, 0.2) is 59.5 Å². The normalized spacial score (nSPS) is 20.2. The first-order chi connectivity index (χ1) is 14.6. The zero-order valence-corrected chi connectivity index (χ0v) is 18.1. The molecule has 5 heteroatoms. The second-order valence-electron chi connectivity index (χ2n) is 8.21. The molecule has 0 radical (unpaired) electrons. The Hall–Kier alpha value is -2.30. The van der Waals surface area contributed by atoms with Crippen LogP contribution in [-0.2, 0) is 6.54 Å². The van der Waals surface area contributed by atoms with Gasteiger partial charge < -0.3 is 15.0 Å². The summed E-state index contributed by atoms with van der Waals surface area (Å²) in [6, 6.07) is 16.6. The lowest BCUT2D eigenvalue weighted by molar-refractivity contribution is 0.116. The molecule has 1 aromatic heterocycles. The van der Waals surface area contributed by atoms with Gasteiger partial charge >= 0.3 is 0 Å². The Morgan fingerprint density at radius 2 is 1.90 bits per heavy atom. The molecule has 1 saturated carbocycles. The Bertz CT molecular complexity index is 1030. The standard InChI is InChI=1S/C25H29ClN2O2/c1-2-23(28-16-17-6-4-3-5-7-17)18-8-10-20(11-9-18)30-24-14-19-12-13-27-25(29)21(19)15-22(24)26/h3-7,12-15,18,20,23,28H,2,8-11,16H2,1H3,(H,27,29). The summed E-state index contributed by atoms with van der Waals surface area (Å²) < 4.78 is 6.26. The van der Waals surface area contributed by atoms with Crippen LogP contribution in [0, 0.1) is 5.92 Å². The van der Waals surface area contributed by atoms with Crippen LogP contribution in [0.1, 0.15) is 44.6 Å². The number of benzene rings is 2. The van der Waals surface area contributed by atoms with Crippen LogP contribution >= 0.6 is 11.6 Å². The molecule has 0 aliphatic heterocycles. The van der Waals surface area contributed by atoms with Crippen LogP contribution in [-0.4, -0.2) is 17.1 Å². The Labute approximate surface area is 182 Å². The minimum Gasteiger partial charge on any atom is -0.489 e. The topological polar surface area (TPSA) is 54.1 Å². The average Bonchev–Trinajstić information content (AvgIpc) is 2.77. The van der Waals surface area contributed by atoms with Gasteiger partial charge in [0.25, 0.3) is 5.56 Å². The highest BCUT2D eigenvalue weighted by atomic mass is 35.5. The molecule has 3 aromatic rings. The number of pyridine rings is 1. The number of aromatic amines is 1. The first kappa shape index (κ1) is 21.0. The van der Waals surface area contributed by atoms with Gasteiger partial charge in [-0.2, -0.15) is 0 Å². The maximum atomic E-state index is 11.9. The van der Waals surface area contributed by atoms with E-state index in [-0.39, 0.29) is 11.7 Å². The highest BCUT2D eigenvalue weighted by Crippen LogP contribution is 2.34. The van der Waals surface area contributed by atoms with Gasteiger partial charge in [-0.05, 0) is 67.2 Å². The molecule has 2 aromatic carbocycles. The van der Waals surface area contributed by atoms with Crippen molar-refractivity contribution >= 4 is 22.4 Å². The van der Waals surface area contributed by atoms with Crippen molar-refractivity contribution in [3.63, 3.8) is 0 Å². The fourth-order valence-electron chi connectivity index (χ4n) is 4.56. The van der Waals surface area contributed by atoms with Gasteiger partial charge in [0, 0.05) is 24.2 Å². The van der Waals surface area contributed by atoms with Crippen molar-refractivity contribution in [3.05, 3.63) is 75.7 Å². The number of hydrogen-bond acceptors (Lipinski definition) is 3. The second kappa shape index (κ2) is 9.67. The maximum Gasteiger partial charge on any atom is 0.255 e. The molecule has 30 heavy (non-hydrogen) atoms. The molecule has 0 saturated heterocycles. The van der Waals surface area contributed by atoms with Gasteiger partial charge in [0.15, 0.2) is 0 Å². The van der Waals surface area contributed by atoms with E-state index in [9.17, 15) is 4.79 Å². The molecule has 4 nitrogen and oxygen atoms in total. The first-order valence-electron chi connectivity index (χ1n) is 10.9. The summed E-state index contributed by atoms with van der Waals surface area (Å²) >= 11 is 6.41. The van der Waals surface area contributed by atoms with Crippen LogP contribution in [0.3, 0.4) is 0 Å². The summed E-state index contributed by atoms with van der Waals surface area (Å²) in [5.74, 6) is 1.34. The lowest BCUT2D eigenvalue weighted by Gasteiger charge is -2.34. The van der Waals surface area contributed by atoms with Gasteiger partial charge in [0.1, 0.15) is 5.75 Å². The first-order valence-corrected chi connectivity index (χ1v) is 11.3. The van der Waals surface area contributed by atoms with Crippen LogP contribution < -0.4 is 15.6 Å². The van der Waals surface area contributed by atoms with E-state index in [1.165, 1.54) is 5.56 Å². The monoisotopic (exact) mass is 424 g/mol. The zero-order valence-electron chi connectivity index (χ0n) is 17.4. The van der Waals surface area contributed by atoms with Crippen molar-refractivity contribution in [3.8, 4) is 5.75 Å². The maximum absolute atomic E-state index is 11.9. The number of fused-ring (bicyclic) bond motifs is 1. The number of hydrogen-bond donors (Lipinski definition) is 2. The molecular weight excluding hydrogens is 396 g/mol. The lowest BCUT2D eigenvalue weighted by Crippen LogP contribution is -2.38. The van der Waals surface area contributed by atoms with E-state index in [1.807, 2.05) is 12.1 Å². The molecule has 4 rings (SSSR count). The molecule has 2 N–H and O–H groups in total. The fourth-order valence-corrected chi connectivity index (χ4v) is 4.76. The summed E-state index contributed by atoms with van der Waals surface area (Å²) in [5.41, 5.74) is 1.20. The minimum absolute atomic E-state index is 0.130. The number of ether oxygens (including phenoxy) is 1. The molecule has 158 valence electrons. The van der Waals surface area contributed by atoms with Gasteiger partial charge in [-0.1, -0.05) is 48.9 Å². The summed E-state index contributed by atoms with van der Waals surface area (Å²) in [6.45, 7) is 3.18. The van der Waals surface area contributed by atoms with Crippen LogP contribution in [0.25, 0.3) is 10.8 Å². The van der Waals surface area contributed by atoms with Crippen molar-refractivity contribution in [1.82, 2.24) is 10.3 Å².